The molecule has 0 unspecified atom stereocenters. The highest BCUT2D eigenvalue weighted by atomic mass is 15.1. The largest absolute Gasteiger partial charge is 0.304 e. The third-order valence-electron chi connectivity index (χ3n) is 3.38. The van der Waals surface area contributed by atoms with Gasteiger partial charge in [-0.1, -0.05) is 19.9 Å². The molecule has 3 nitrogen and oxygen atoms in total. The van der Waals surface area contributed by atoms with Crippen molar-refractivity contribution >= 4 is 5.52 Å². The van der Waals surface area contributed by atoms with Gasteiger partial charge >= 0.3 is 0 Å². The lowest BCUT2D eigenvalue weighted by Gasteiger charge is -2.14. The number of aromatic nitrogens is 2. The summed E-state index contributed by atoms with van der Waals surface area (Å²) < 4.78 is 2.17. The van der Waals surface area contributed by atoms with Crippen molar-refractivity contribution in [2.75, 3.05) is 13.1 Å². The third kappa shape index (κ3) is 2.72. The highest BCUT2D eigenvalue weighted by Gasteiger charge is 2.12. The fourth-order valence-corrected chi connectivity index (χ4v) is 2.46. The molecule has 98 valence electrons. The lowest BCUT2D eigenvalue weighted by atomic mass is 10.2. The SMILES string of the molecule is CC.Cc1ncc2ccc(CN3CCCC3)cn12. The van der Waals surface area contributed by atoms with Gasteiger partial charge in [0.25, 0.3) is 0 Å². The molecule has 0 spiro atoms. The van der Waals surface area contributed by atoms with E-state index in [4.69, 9.17) is 0 Å². The summed E-state index contributed by atoms with van der Waals surface area (Å²) in [6, 6.07) is 4.38. The fraction of sp³-hybridized carbons (Fsp3) is 0.533. The summed E-state index contributed by atoms with van der Waals surface area (Å²) in [5, 5.41) is 0. The summed E-state index contributed by atoms with van der Waals surface area (Å²) in [7, 11) is 0. The number of fused-ring (bicyclic) bond motifs is 1. The quantitative estimate of drug-likeness (QED) is 0.809. The first kappa shape index (κ1) is 13.1. The van der Waals surface area contributed by atoms with Gasteiger partial charge in [-0.2, -0.15) is 0 Å². The monoisotopic (exact) mass is 245 g/mol. The van der Waals surface area contributed by atoms with Crippen molar-refractivity contribution in [3.05, 3.63) is 35.9 Å². The van der Waals surface area contributed by atoms with Crippen LogP contribution in [-0.4, -0.2) is 27.4 Å². The van der Waals surface area contributed by atoms with Gasteiger partial charge in [0, 0.05) is 12.7 Å². The number of hydrogen-bond donors (Lipinski definition) is 0. The summed E-state index contributed by atoms with van der Waals surface area (Å²) >= 11 is 0. The van der Waals surface area contributed by atoms with Crippen LogP contribution >= 0.6 is 0 Å². The molecule has 0 aliphatic carbocycles. The highest BCUT2D eigenvalue weighted by molar-refractivity contribution is 5.46. The van der Waals surface area contributed by atoms with Crippen LogP contribution < -0.4 is 0 Å². The van der Waals surface area contributed by atoms with Crippen molar-refractivity contribution < 1.29 is 0 Å². The minimum absolute atomic E-state index is 1.07. The molecule has 1 aliphatic heterocycles. The van der Waals surface area contributed by atoms with Crippen molar-refractivity contribution in [3.8, 4) is 0 Å². The molecular weight excluding hydrogens is 222 g/mol. The summed E-state index contributed by atoms with van der Waals surface area (Å²) in [4.78, 5) is 6.84. The van der Waals surface area contributed by atoms with Crippen molar-refractivity contribution in [2.24, 2.45) is 0 Å². The number of aryl methyl sites for hydroxylation is 1. The average molecular weight is 245 g/mol. The van der Waals surface area contributed by atoms with Crippen LogP contribution in [0.25, 0.3) is 5.52 Å². The second kappa shape index (κ2) is 6.01. The Balaban J connectivity index is 0.000000574. The molecule has 2 aromatic heterocycles. The van der Waals surface area contributed by atoms with Crippen molar-refractivity contribution in [1.29, 1.82) is 0 Å². The van der Waals surface area contributed by atoms with Crippen molar-refractivity contribution in [3.63, 3.8) is 0 Å². The highest BCUT2D eigenvalue weighted by Crippen LogP contribution is 2.14. The minimum Gasteiger partial charge on any atom is -0.304 e. The van der Waals surface area contributed by atoms with E-state index in [9.17, 15) is 0 Å². The second-order valence-corrected chi connectivity index (χ2v) is 4.62. The van der Waals surface area contributed by atoms with Crippen LogP contribution in [0, 0.1) is 6.92 Å². The van der Waals surface area contributed by atoms with Gasteiger partial charge in [0.1, 0.15) is 5.82 Å². The molecule has 0 aromatic carbocycles. The molecule has 0 bridgehead atoms. The van der Waals surface area contributed by atoms with E-state index in [2.05, 4.69) is 32.6 Å². The molecule has 0 N–H and O–H groups in total. The van der Waals surface area contributed by atoms with E-state index in [1.807, 2.05) is 27.0 Å². The van der Waals surface area contributed by atoms with E-state index < -0.39 is 0 Å². The van der Waals surface area contributed by atoms with Gasteiger partial charge in [0.15, 0.2) is 0 Å². The summed E-state index contributed by atoms with van der Waals surface area (Å²) in [6.07, 6.45) is 6.85. The van der Waals surface area contributed by atoms with Crippen LogP contribution in [0.2, 0.25) is 0 Å². The molecular formula is C15H23N3. The maximum atomic E-state index is 4.32. The zero-order chi connectivity index (χ0) is 13.0. The Morgan fingerprint density at radius 3 is 2.61 bits per heavy atom. The Morgan fingerprint density at radius 1 is 1.17 bits per heavy atom. The van der Waals surface area contributed by atoms with Gasteiger partial charge in [-0.3, -0.25) is 4.90 Å². The average Bonchev–Trinajstić information content (AvgIpc) is 3.03. The van der Waals surface area contributed by atoms with Crippen LogP contribution in [0.5, 0.6) is 0 Å². The molecule has 3 heterocycles. The van der Waals surface area contributed by atoms with Gasteiger partial charge in [0.2, 0.25) is 0 Å². The molecule has 1 aliphatic rings. The second-order valence-electron chi connectivity index (χ2n) is 4.62. The van der Waals surface area contributed by atoms with Gasteiger partial charge in [-0.15, -0.1) is 0 Å². The maximum absolute atomic E-state index is 4.32. The van der Waals surface area contributed by atoms with Gasteiger partial charge in [-0.05, 0) is 44.5 Å². The number of hydrogen-bond acceptors (Lipinski definition) is 2. The van der Waals surface area contributed by atoms with Gasteiger partial charge in [-0.25, -0.2) is 4.98 Å². The molecule has 0 atom stereocenters. The number of imidazole rings is 1. The molecule has 0 radical (unpaired) electrons. The van der Waals surface area contributed by atoms with E-state index in [1.54, 1.807) is 0 Å². The smallest absolute Gasteiger partial charge is 0.110 e. The Hall–Kier alpha value is -1.35. The number of nitrogens with zero attached hydrogens (tertiary/aromatic N) is 3. The Labute approximate surface area is 109 Å². The fourth-order valence-electron chi connectivity index (χ4n) is 2.46. The molecule has 3 rings (SSSR count). The topological polar surface area (TPSA) is 20.5 Å². The lowest BCUT2D eigenvalue weighted by molar-refractivity contribution is 0.331. The predicted octanol–water partition coefficient (Wildman–Crippen LogP) is 3.26. The molecule has 2 aromatic rings. The van der Waals surface area contributed by atoms with E-state index >= 15 is 0 Å². The zero-order valence-corrected chi connectivity index (χ0v) is 11.7. The number of rotatable bonds is 2. The van der Waals surface area contributed by atoms with E-state index in [-0.39, 0.29) is 0 Å². The number of pyridine rings is 1. The van der Waals surface area contributed by atoms with Crippen LogP contribution in [0.3, 0.4) is 0 Å². The Kier molecular flexibility index (Phi) is 4.37. The molecule has 3 heteroatoms. The molecule has 1 saturated heterocycles. The number of likely N-dealkylation sites (tertiary alicyclic amines) is 1. The normalized spacial score (nSPS) is 15.7. The summed E-state index contributed by atoms with van der Waals surface area (Å²) in [5.41, 5.74) is 2.57. The van der Waals surface area contributed by atoms with E-state index in [1.165, 1.54) is 37.0 Å². The van der Waals surface area contributed by atoms with Crippen LogP contribution in [0.1, 0.15) is 38.1 Å². The summed E-state index contributed by atoms with van der Waals surface area (Å²) in [6.45, 7) is 9.63. The van der Waals surface area contributed by atoms with Crippen LogP contribution in [0.4, 0.5) is 0 Å². The first-order chi connectivity index (χ1) is 8.83. The third-order valence-corrected chi connectivity index (χ3v) is 3.38. The Morgan fingerprint density at radius 2 is 1.89 bits per heavy atom. The zero-order valence-electron chi connectivity index (χ0n) is 11.7. The Bertz CT molecular complexity index is 495. The van der Waals surface area contributed by atoms with Gasteiger partial charge < -0.3 is 4.40 Å². The standard InChI is InChI=1S/C13H17N3.C2H6/c1-11-14-8-13-5-4-12(10-16(11)13)9-15-6-2-3-7-15;1-2/h4-5,8,10H,2-3,6-7,9H2,1H3;1-2H3. The van der Waals surface area contributed by atoms with Crippen molar-refractivity contribution in [2.45, 2.75) is 40.2 Å². The first-order valence-electron chi connectivity index (χ1n) is 6.98. The summed E-state index contributed by atoms with van der Waals surface area (Å²) in [5.74, 6) is 1.07. The van der Waals surface area contributed by atoms with Crippen LogP contribution in [-0.2, 0) is 6.54 Å². The molecule has 1 fully saturated rings. The molecule has 0 amide bonds. The van der Waals surface area contributed by atoms with E-state index in [0.29, 0.717) is 0 Å². The molecule has 0 saturated carbocycles. The maximum Gasteiger partial charge on any atom is 0.110 e. The van der Waals surface area contributed by atoms with Crippen molar-refractivity contribution in [1.82, 2.24) is 14.3 Å². The van der Waals surface area contributed by atoms with E-state index in [0.717, 1.165) is 12.4 Å². The van der Waals surface area contributed by atoms with Gasteiger partial charge in [0.05, 0.1) is 11.7 Å². The minimum atomic E-state index is 1.07. The molecule has 18 heavy (non-hydrogen) atoms. The first-order valence-corrected chi connectivity index (χ1v) is 6.98. The van der Waals surface area contributed by atoms with Crippen LogP contribution in [0.15, 0.2) is 24.5 Å². The predicted molar refractivity (Wildman–Crippen MR) is 75.8 cm³/mol. The lowest BCUT2D eigenvalue weighted by Crippen LogP contribution is -2.18.